The summed E-state index contributed by atoms with van der Waals surface area (Å²) < 4.78 is 20.1. The van der Waals surface area contributed by atoms with Crippen LogP contribution in [0.25, 0.3) is 0 Å². The number of hydrogen-bond acceptors (Lipinski definition) is 3. The van der Waals surface area contributed by atoms with Gasteiger partial charge in [0.1, 0.15) is 6.56 Å². The summed E-state index contributed by atoms with van der Waals surface area (Å²) >= 11 is 0. The Hall–Kier alpha value is -1.25. The third-order valence-electron chi connectivity index (χ3n) is 1.85. The average molecular weight is 166 g/mol. The van der Waals surface area contributed by atoms with Crippen LogP contribution in [0.15, 0.2) is 12.3 Å². The van der Waals surface area contributed by atoms with E-state index in [4.69, 9.17) is 7.48 Å². The second-order valence-electron chi connectivity index (χ2n) is 2.94. The van der Waals surface area contributed by atoms with E-state index in [1.165, 1.54) is 0 Å². The number of rotatable bonds is 0. The van der Waals surface area contributed by atoms with Crippen molar-refractivity contribution in [3.63, 3.8) is 0 Å². The molecule has 0 bridgehead atoms. The quantitative estimate of drug-likeness (QED) is 0.579. The number of anilines is 1. The van der Waals surface area contributed by atoms with E-state index in [1.54, 1.807) is 6.20 Å². The van der Waals surface area contributed by atoms with E-state index < -0.39 is 6.56 Å². The number of fused-ring (bicyclic) bond motifs is 1. The third-order valence-corrected chi connectivity index (χ3v) is 1.85. The van der Waals surface area contributed by atoms with Crippen LogP contribution < -0.4 is 9.64 Å². The van der Waals surface area contributed by atoms with E-state index >= 15 is 0 Å². The van der Waals surface area contributed by atoms with Crippen molar-refractivity contribution in [2.45, 2.75) is 6.92 Å². The Labute approximate surface area is 74.8 Å². The van der Waals surface area contributed by atoms with E-state index in [0.29, 0.717) is 5.88 Å². The summed E-state index contributed by atoms with van der Waals surface area (Å²) in [5.74, 6) is 0.370. The Morgan fingerprint density at radius 3 is 3.42 bits per heavy atom. The van der Waals surface area contributed by atoms with Gasteiger partial charge in [-0.2, -0.15) is 0 Å². The number of aryl methyl sites for hydroxylation is 1. The van der Waals surface area contributed by atoms with Gasteiger partial charge in [-0.3, -0.25) is 0 Å². The number of hydrogen-bond donors (Lipinski definition) is 0. The Balaban J connectivity index is 2.45. The van der Waals surface area contributed by atoms with E-state index in [9.17, 15) is 0 Å². The maximum atomic E-state index is 7.50. The molecule has 0 atom stereocenters. The summed E-state index contributed by atoms with van der Waals surface area (Å²) in [7, 11) is 1.83. The molecule has 0 saturated carbocycles. The summed E-state index contributed by atoms with van der Waals surface area (Å²) in [6.45, 7) is 0.527. The van der Waals surface area contributed by atoms with E-state index in [1.807, 2.05) is 24.9 Å². The topological polar surface area (TPSA) is 25.4 Å². The summed E-state index contributed by atoms with van der Waals surface area (Å²) in [5, 5.41) is 0. The highest BCUT2D eigenvalue weighted by atomic mass is 16.5. The molecule has 3 nitrogen and oxygen atoms in total. The molecule has 2 heterocycles. The van der Waals surface area contributed by atoms with Gasteiger partial charge >= 0.3 is 0 Å². The fourth-order valence-electron chi connectivity index (χ4n) is 1.18. The first-order chi connectivity index (χ1) is 6.48. The van der Waals surface area contributed by atoms with Gasteiger partial charge in [-0.15, -0.1) is 0 Å². The maximum absolute atomic E-state index is 7.50. The highest BCUT2D eigenvalue weighted by Gasteiger charge is 2.15. The lowest BCUT2D eigenvalue weighted by Gasteiger charge is -2.26. The first-order valence-electron chi connectivity index (χ1n) is 4.85. The van der Waals surface area contributed by atoms with Crippen LogP contribution in [0.5, 0.6) is 5.88 Å². The number of pyridine rings is 1. The molecule has 0 saturated heterocycles. The van der Waals surface area contributed by atoms with Crippen LogP contribution in [0.4, 0.5) is 5.69 Å². The van der Waals surface area contributed by atoms with Crippen LogP contribution in [0, 0.1) is 6.92 Å². The molecule has 3 heteroatoms. The average Bonchev–Trinajstić information content (AvgIpc) is 2.05. The molecular weight excluding hydrogens is 152 g/mol. The first-order valence-corrected chi connectivity index (χ1v) is 3.85. The van der Waals surface area contributed by atoms with Crippen molar-refractivity contribution in [3.8, 4) is 5.88 Å². The molecule has 64 valence electrons. The van der Waals surface area contributed by atoms with Crippen LogP contribution in [0.1, 0.15) is 8.30 Å². The standard InChI is InChI=1S/C9H12N2O/c1-7-5-8-9(10-6-7)12-4-3-11(8)2/h5-6H,3-4H2,1-2H3/i4D2. The van der Waals surface area contributed by atoms with Crippen molar-refractivity contribution in [1.29, 1.82) is 0 Å². The molecule has 1 aromatic heterocycles. The molecule has 0 aromatic carbocycles. The van der Waals surface area contributed by atoms with E-state index in [2.05, 4.69) is 4.98 Å². The van der Waals surface area contributed by atoms with Gasteiger partial charge in [0.05, 0.1) is 15.0 Å². The Kier molecular flexibility index (Phi) is 1.20. The van der Waals surface area contributed by atoms with Crippen molar-refractivity contribution >= 4 is 5.69 Å². The van der Waals surface area contributed by atoms with Gasteiger partial charge in [0.25, 0.3) is 0 Å². The predicted octanol–water partition coefficient (Wildman–Crippen LogP) is 1.22. The van der Waals surface area contributed by atoms with Gasteiger partial charge in [0.15, 0.2) is 0 Å². The fraction of sp³-hybridized carbons (Fsp3) is 0.444. The van der Waals surface area contributed by atoms with Crippen LogP contribution in [-0.2, 0) is 0 Å². The molecule has 0 aliphatic carbocycles. The molecule has 0 unspecified atom stereocenters. The van der Waals surface area contributed by atoms with E-state index in [-0.39, 0.29) is 6.54 Å². The lowest BCUT2D eigenvalue weighted by atomic mass is 10.2. The van der Waals surface area contributed by atoms with Crippen LogP contribution in [0.2, 0.25) is 0 Å². The van der Waals surface area contributed by atoms with Gasteiger partial charge in [-0.05, 0) is 18.6 Å². The Morgan fingerprint density at radius 2 is 2.58 bits per heavy atom. The highest BCUT2D eigenvalue weighted by molar-refractivity contribution is 5.56. The summed E-state index contributed by atoms with van der Waals surface area (Å²) in [5.41, 5.74) is 1.89. The summed E-state index contributed by atoms with van der Waals surface area (Å²) in [4.78, 5) is 5.88. The molecule has 2 rings (SSSR count). The normalized spacial score (nSPS) is 22.0. The summed E-state index contributed by atoms with van der Waals surface area (Å²) in [6, 6.07) is 1.94. The lowest BCUT2D eigenvalue weighted by molar-refractivity contribution is 0.298. The van der Waals surface area contributed by atoms with Gasteiger partial charge in [0.2, 0.25) is 5.88 Å². The van der Waals surface area contributed by atoms with Crippen LogP contribution in [0.3, 0.4) is 0 Å². The molecule has 1 aliphatic heterocycles. The van der Waals surface area contributed by atoms with Gasteiger partial charge in [-0.25, -0.2) is 4.98 Å². The van der Waals surface area contributed by atoms with Crippen LogP contribution in [-0.4, -0.2) is 25.1 Å². The minimum Gasteiger partial charge on any atom is -0.474 e. The maximum Gasteiger partial charge on any atom is 0.237 e. The van der Waals surface area contributed by atoms with Crippen molar-refractivity contribution in [2.24, 2.45) is 0 Å². The molecule has 1 aliphatic rings. The van der Waals surface area contributed by atoms with Crippen molar-refractivity contribution < 1.29 is 7.48 Å². The van der Waals surface area contributed by atoms with Gasteiger partial charge < -0.3 is 9.64 Å². The van der Waals surface area contributed by atoms with Crippen molar-refractivity contribution in [2.75, 3.05) is 25.1 Å². The number of likely N-dealkylation sites (N-methyl/N-ethyl adjacent to an activating group) is 1. The third kappa shape index (κ3) is 1.11. The molecule has 1 aromatic rings. The Bertz CT molecular complexity index is 368. The predicted molar refractivity (Wildman–Crippen MR) is 47.7 cm³/mol. The van der Waals surface area contributed by atoms with Crippen molar-refractivity contribution in [1.82, 2.24) is 4.98 Å². The summed E-state index contributed by atoms with van der Waals surface area (Å²) in [6.07, 6.45) is 1.67. The first kappa shape index (κ1) is 5.41. The molecule has 0 spiro atoms. The zero-order chi connectivity index (χ0) is 10.3. The molecule has 0 amide bonds. The molecule has 0 N–H and O–H groups in total. The second kappa shape index (κ2) is 2.66. The molecule has 0 radical (unpaired) electrons. The Morgan fingerprint density at radius 1 is 1.75 bits per heavy atom. The number of ether oxygens (including phenoxy) is 1. The van der Waals surface area contributed by atoms with Gasteiger partial charge in [0, 0.05) is 13.2 Å². The largest absolute Gasteiger partial charge is 0.474 e. The number of aromatic nitrogens is 1. The fourth-order valence-corrected chi connectivity index (χ4v) is 1.18. The van der Waals surface area contributed by atoms with Crippen molar-refractivity contribution in [3.05, 3.63) is 17.8 Å². The zero-order valence-electron chi connectivity index (χ0n) is 9.16. The SMILES string of the molecule is [2H]C1([2H])CN(C)c2cc(C)cnc2O1. The lowest BCUT2D eigenvalue weighted by Crippen LogP contribution is -2.29. The number of nitrogens with zero attached hydrogens (tertiary/aromatic N) is 2. The molecular formula is C9H12N2O. The minimum absolute atomic E-state index is 0.227. The zero-order valence-corrected chi connectivity index (χ0v) is 7.16. The smallest absolute Gasteiger partial charge is 0.237 e. The van der Waals surface area contributed by atoms with Gasteiger partial charge in [-0.1, -0.05) is 0 Å². The van der Waals surface area contributed by atoms with E-state index in [0.717, 1.165) is 11.3 Å². The second-order valence-corrected chi connectivity index (χ2v) is 2.94. The molecule has 12 heavy (non-hydrogen) atoms. The minimum atomic E-state index is -1.65. The van der Waals surface area contributed by atoms with Crippen LogP contribution >= 0.6 is 0 Å². The highest BCUT2D eigenvalue weighted by Crippen LogP contribution is 2.28. The molecule has 0 fully saturated rings. The monoisotopic (exact) mass is 166 g/mol.